The fourth-order valence-corrected chi connectivity index (χ4v) is 5.11. The second-order valence-corrected chi connectivity index (χ2v) is 9.50. The maximum Gasteiger partial charge on any atom is 0.264 e. The van der Waals surface area contributed by atoms with Crippen LogP contribution in [0, 0.1) is 0 Å². The van der Waals surface area contributed by atoms with Gasteiger partial charge in [-0.1, -0.05) is 73.1 Å². The van der Waals surface area contributed by atoms with Crippen molar-refractivity contribution in [1.82, 2.24) is 10.3 Å². The minimum Gasteiger partial charge on any atom is -0.345 e. The Balaban J connectivity index is 1.66. The van der Waals surface area contributed by atoms with Crippen molar-refractivity contribution in [2.75, 3.05) is 4.72 Å². The molecule has 1 aromatic heterocycles. The molecule has 0 aliphatic rings. The van der Waals surface area contributed by atoms with E-state index in [0.29, 0.717) is 16.8 Å². The zero-order valence-corrected chi connectivity index (χ0v) is 19.4. The number of nitrogens with zero attached hydrogens (tertiary/aromatic N) is 1. The number of carbonyl (C=O) groups is 1. The highest BCUT2D eigenvalue weighted by Crippen LogP contribution is 2.29. The Morgan fingerprint density at radius 2 is 1.70 bits per heavy atom. The number of halogens is 1. The molecule has 1 amide bonds. The summed E-state index contributed by atoms with van der Waals surface area (Å²) in [5.74, 6) is -0.372. The van der Waals surface area contributed by atoms with E-state index in [4.69, 9.17) is 11.6 Å². The van der Waals surface area contributed by atoms with Crippen molar-refractivity contribution in [1.29, 1.82) is 0 Å². The molecule has 6 nitrogen and oxygen atoms in total. The summed E-state index contributed by atoms with van der Waals surface area (Å²) in [5, 5.41) is 3.93. The minimum atomic E-state index is -4.05. The predicted molar refractivity (Wildman–Crippen MR) is 131 cm³/mol. The van der Waals surface area contributed by atoms with Gasteiger partial charge < -0.3 is 5.32 Å². The van der Waals surface area contributed by atoms with Gasteiger partial charge in [0.2, 0.25) is 0 Å². The van der Waals surface area contributed by atoms with Crippen molar-refractivity contribution in [2.24, 2.45) is 0 Å². The van der Waals surface area contributed by atoms with Crippen LogP contribution in [0.5, 0.6) is 0 Å². The maximum atomic E-state index is 13.3. The molecule has 1 atom stereocenters. The molecule has 8 heteroatoms. The van der Waals surface area contributed by atoms with Gasteiger partial charge in [0.05, 0.1) is 27.8 Å². The van der Waals surface area contributed by atoms with E-state index < -0.39 is 10.0 Å². The number of carbonyl (C=O) groups excluding carboxylic acids is 1. The Morgan fingerprint density at radius 1 is 0.970 bits per heavy atom. The van der Waals surface area contributed by atoms with Crippen molar-refractivity contribution < 1.29 is 13.2 Å². The molecule has 0 fully saturated rings. The van der Waals surface area contributed by atoms with E-state index in [1.807, 2.05) is 37.3 Å². The smallest absolute Gasteiger partial charge is 0.264 e. The van der Waals surface area contributed by atoms with Crippen molar-refractivity contribution in [3.8, 4) is 0 Å². The minimum absolute atomic E-state index is 0.0200. The molecule has 168 valence electrons. The molecule has 2 N–H and O–H groups in total. The number of fused-ring (bicyclic) bond motifs is 1. The Labute approximate surface area is 197 Å². The molecule has 4 aromatic rings. The first kappa shape index (κ1) is 22.8. The van der Waals surface area contributed by atoms with Crippen LogP contribution in [0.3, 0.4) is 0 Å². The lowest BCUT2D eigenvalue weighted by Crippen LogP contribution is -2.29. The number of hydrogen-bond donors (Lipinski definition) is 2. The highest BCUT2D eigenvalue weighted by atomic mass is 35.5. The third-order valence-electron chi connectivity index (χ3n) is 5.30. The van der Waals surface area contributed by atoms with Crippen LogP contribution in [-0.2, 0) is 10.0 Å². The summed E-state index contributed by atoms with van der Waals surface area (Å²) in [6.45, 7) is 1.98. The van der Waals surface area contributed by atoms with Gasteiger partial charge in [0.25, 0.3) is 15.9 Å². The van der Waals surface area contributed by atoms with Crippen LogP contribution in [0.2, 0.25) is 5.02 Å². The summed E-state index contributed by atoms with van der Waals surface area (Å²) in [7, 11) is -4.05. The lowest BCUT2D eigenvalue weighted by atomic mass is 10.0. The van der Waals surface area contributed by atoms with E-state index in [-0.39, 0.29) is 33.6 Å². The first-order valence-corrected chi connectivity index (χ1v) is 12.3. The van der Waals surface area contributed by atoms with Gasteiger partial charge in [-0.3, -0.25) is 14.5 Å². The van der Waals surface area contributed by atoms with Crippen molar-refractivity contribution in [2.45, 2.75) is 24.3 Å². The third-order valence-corrected chi connectivity index (χ3v) is 7.03. The summed E-state index contributed by atoms with van der Waals surface area (Å²) >= 11 is 6.21. The Kier molecular flexibility index (Phi) is 6.62. The molecular formula is C25H22ClN3O3S. The number of amides is 1. The van der Waals surface area contributed by atoms with Crippen LogP contribution in [0.15, 0.2) is 90.0 Å². The second kappa shape index (κ2) is 9.60. The number of pyridine rings is 1. The normalized spacial score (nSPS) is 12.3. The lowest BCUT2D eigenvalue weighted by molar-refractivity contribution is 0.0936. The quantitative estimate of drug-likeness (QED) is 0.362. The predicted octanol–water partition coefficient (Wildman–Crippen LogP) is 5.57. The number of para-hydroxylation sites is 2. The molecule has 0 aliphatic heterocycles. The highest BCUT2D eigenvalue weighted by Gasteiger charge is 2.23. The van der Waals surface area contributed by atoms with Gasteiger partial charge in [-0.2, -0.15) is 0 Å². The number of benzene rings is 3. The standard InChI is InChI=1S/C25H22ClN3O3S/c1-2-21(17-9-4-3-5-10-17)28-25(30)19-11-6-7-13-22(19)29-33(31,32)23-14-8-12-18-20(26)15-16-27-24(18)23/h3-16,21,29H,2H2,1H3,(H,28,30)/t21-/m0/s1. The molecular weight excluding hydrogens is 458 g/mol. The molecule has 1 heterocycles. The summed E-state index contributed by atoms with van der Waals surface area (Å²) < 4.78 is 29.1. The van der Waals surface area contributed by atoms with E-state index in [9.17, 15) is 13.2 Å². The van der Waals surface area contributed by atoms with E-state index in [0.717, 1.165) is 5.56 Å². The number of aromatic nitrogens is 1. The van der Waals surface area contributed by atoms with E-state index in [2.05, 4.69) is 15.0 Å². The molecule has 0 radical (unpaired) electrons. The number of rotatable bonds is 7. The summed E-state index contributed by atoms with van der Waals surface area (Å²) in [6, 6.07) is 22.3. The molecule has 33 heavy (non-hydrogen) atoms. The molecule has 0 saturated heterocycles. The van der Waals surface area contributed by atoms with Crippen LogP contribution in [-0.4, -0.2) is 19.3 Å². The molecule has 0 spiro atoms. The van der Waals surface area contributed by atoms with Gasteiger partial charge in [-0.15, -0.1) is 0 Å². The van der Waals surface area contributed by atoms with E-state index in [1.165, 1.54) is 12.3 Å². The third kappa shape index (κ3) is 4.84. The average Bonchev–Trinajstić information content (AvgIpc) is 2.83. The van der Waals surface area contributed by atoms with Crippen LogP contribution < -0.4 is 10.0 Å². The summed E-state index contributed by atoms with van der Waals surface area (Å²) in [5.41, 5.74) is 1.64. The first-order chi connectivity index (χ1) is 15.9. The van der Waals surface area contributed by atoms with Crippen LogP contribution in [0.25, 0.3) is 10.9 Å². The highest BCUT2D eigenvalue weighted by molar-refractivity contribution is 7.93. The summed E-state index contributed by atoms with van der Waals surface area (Å²) in [6.07, 6.45) is 2.14. The van der Waals surface area contributed by atoms with Crippen molar-refractivity contribution in [3.05, 3.63) is 101 Å². The van der Waals surface area contributed by atoms with Gasteiger partial charge in [0, 0.05) is 11.6 Å². The molecule has 0 aliphatic carbocycles. The van der Waals surface area contributed by atoms with Crippen LogP contribution >= 0.6 is 11.6 Å². The number of nitrogens with one attached hydrogen (secondary N) is 2. The zero-order valence-electron chi connectivity index (χ0n) is 17.8. The Morgan fingerprint density at radius 3 is 2.45 bits per heavy atom. The molecule has 4 rings (SSSR count). The molecule has 3 aromatic carbocycles. The Hall–Kier alpha value is -3.42. The van der Waals surface area contributed by atoms with Gasteiger partial charge in [-0.25, -0.2) is 8.42 Å². The van der Waals surface area contributed by atoms with E-state index in [1.54, 1.807) is 42.5 Å². The second-order valence-electron chi connectivity index (χ2n) is 7.44. The first-order valence-electron chi connectivity index (χ1n) is 10.4. The Bertz CT molecular complexity index is 1410. The van der Waals surface area contributed by atoms with Crippen LogP contribution in [0.1, 0.15) is 35.3 Å². The monoisotopic (exact) mass is 479 g/mol. The summed E-state index contributed by atoms with van der Waals surface area (Å²) in [4.78, 5) is 17.3. The fraction of sp³-hybridized carbons (Fsp3) is 0.120. The largest absolute Gasteiger partial charge is 0.345 e. The van der Waals surface area contributed by atoms with Crippen LogP contribution in [0.4, 0.5) is 5.69 Å². The molecule has 0 bridgehead atoms. The SMILES string of the molecule is CC[C@H](NC(=O)c1ccccc1NS(=O)(=O)c1cccc2c(Cl)ccnc12)c1ccccc1. The molecule has 0 unspecified atom stereocenters. The fourth-order valence-electron chi connectivity index (χ4n) is 3.64. The number of hydrogen-bond acceptors (Lipinski definition) is 4. The van der Waals surface area contributed by atoms with Crippen molar-refractivity contribution >= 4 is 44.1 Å². The average molecular weight is 480 g/mol. The zero-order chi connectivity index (χ0) is 23.4. The van der Waals surface area contributed by atoms with E-state index >= 15 is 0 Å². The molecule has 0 saturated carbocycles. The lowest BCUT2D eigenvalue weighted by Gasteiger charge is -2.19. The number of sulfonamides is 1. The van der Waals surface area contributed by atoms with Gasteiger partial charge >= 0.3 is 0 Å². The van der Waals surface area contributed by atoms with Gasteiger partial charge in [-0.05, 0) is 36.2 Å². The topological polar surface area (TPSA) is 88.2 Å². The number of anilines is 1. The van der Waals surface area contributed by atoms with Gasteiger partial charge in [0.1, 0.15) is 4.90 Å². The van der Waals surface area contributed by atoms with Gasteiger partial charge in [0.15, 0.2) is 0 Å². The van der Waals surface area contributed by atoms with Crippen molar-refractivity contribution in [3.63, 3.8) is 0 Å². The maximum absolute atomic E-state index is 13.3.